The average Bonchev–Trinajstić information content (AvgIpc) is 2.69. The number of sulfonamides is 1. The lowest BCUT2D eigenvalue weighted by Gasteiger charge is -2.28. The zero-order chi connectivity index (χ0) is 23.7. The van der Waals surface area contributed by atoms with Crippen molar-refractivity contribution in [2.45, 2.75) is 48.7 Å². The average molecular weight is 512 g/mol. The highest BCUT2D eigenvalue weighted by atomic mass is 35.5. The minimum absolute atomic E-state index is 0.102. The Morgan fingerprint density at radius 2 is 1.91 bits per heavy atom. The maximum atomic E-state index is 13.2. The van der Waals surface area contributed by atoms with E-state index in [1.807, 2.05) is 0 Å². The van der Waals surface area contributed by atoms with Crippen LogP contribution < -0.4 is 10.0 Å². The SMILES string of the molecule is CC1CCC(Nc2ccc(C(F)(F)F)cc2S(=O)(=O)NCc2ccc(Cl)nc2)CS1(=O)=O. The van der Waals surface area contributed by atoms with Gasteiger partial charge in [-0.25, -0.2) is 26.5 Å². The van der Waals surface area contributed by atoms with E-state index in [0.717, 1.165) is 12.1 Å². The molecule has 2 N–H and O–H groups in total. The Labute approximate surface area is 189 Å². The Bertz CT molecular complexity index is 1190. The Kier molecular flexibility index (Phi) is 7.08. The molecule has 1 aromatic heterocycles. The lowest BCUT2D eigenvalue weighted by Crippen LogP contribution is -2.39. The van der Waals surface area contributed by atoms with Crippen molar-refractivity contribution in [3.8, 4) is 0 Å². The fourth-order valence-corrected chi connectivity index (χ4v) is 6.24. The van der Waals surface area contributed by atoms with E-state index in [1.54, 1.807) is 6.92 Å². The van der Waals surface area contributed by atoms with Crippen LogP contribution in [0.4, 0.5) is 18.9 Å². The standard InChI is InChI=1S/C19H21ClF3N3O4S2/c1-12-2-5-15(11-31(12,27)28)26-16-6-4-14(19(21,22)23)8-17(16)32(29,30)25-10-13-3-7-18(20)24-9-13/h3-4,6-9,12,15,25-26H,2,5,10-11H2,1H3. The minimum Gasteiger partial charge on any atom is -0.380 e. The number of alkyl halides is 3. The second-order valence-corrected chi connectivity index (χ2v) is 12.2. The lowest BCUT2D eigenvalue weighted by atomic mass is 10.1. The first-order chi connectivity index (χ1) is 14.8. The van der Waals surface area contributed by atoms with Crippen molar-refractivity contribution < 1.29 is 30.0 Å². The quantitative estimate of drug-likeness (QED) is 0.574. The summed E-state index contributed by atoms with van der Waals surface area (Å²) in [7, 11) is -7.78. The van der Waals surface area contributed by atoms with Crippen LogP contribution >= 0.6 is 11.6 Å². The summed E-state index contributed by atoms with van der Waals surface area (Å²) in [5.41, 5.74) is -0.789. The van der Waals surface area contributed by atoms with Gasteiger partial charge in [-0.05, 0) is 49.6 Å². The number of sulfone groups is 1. The Hall–Kier alpha value is -1.89. The van der Waals surface area contributed by atoms with Gasteiger partial charge in [-0.1, -0.05) is 17.7 Å². The van der Waals surface area contributed by atoms with Crippen LogP contribution in [-0.2, 0) is 32.6 Å². The van der Waals surface area contributed by atoms with Crippen molar-refractivity contribution in [3.63, 3.8) is 0 Å². The van der Waals surface area contributed by atoms with Crippen molar-refractivity contribution >= 4 is 37.1 Å². The van der Waals surface area contributed by atoms with Crippen LogP contribution in [0, 0.1) is 0 Å². The van der Waals surface area contributed by atoms with Crippen molar-refractivity contribution in [3.05, 3.63) is 52.8 Å². The highest BCUT2D eigenvalue weighted by molar-refractivity contribution is 7.92. The van der Waals surface area contributed by atoms with E-state index in [1.165, 1.54) is 18.3 Å². The molecule has 176 valence electrons. The van der Waals surface area contributed by atoms with E-state index >= 15 is 0 Å². The van der Waals surface area contributed by atoms with E-state index in [-0.39, 0.29) is 23.1 Å². The van der Waals surface area contributed by atoms with Crippen LogP contribution in [0.3, 0.4) is 0 Å². The summed E-state index contributed by atoms with van der Waals surface area (Å²) in [6.07, 6.45) is -2.62. The monoisotopic (exact) mass is 511 g/mol. The van der Waals surface area contributed by atoms with Crippen LogP contribution in [0.15, 0.2) is 41.4 Å². The van der Waals surface area contributed by atoms with Gasteiger partial charge in [-0.3, -0.25) is 0 Å². The third-order valence-corrected chi connectivity index (χ3v) is 9.17. The highest BCUT2D eigenvalue weighted by Crippen LogP contribution is 2.34. The van der Waals surface area contributed by atoms with E-state index in [9.17, 15) is 30.0 Å². The maximum Gasteiger partial charge on any atom is 0.416 e. The molecule has 13 heteroatoms. The molecule has 2 aromatic rings. The molecular weight excluding hydrogens is 491 g/mol. The number of benzene rings is 1. The van der Waals surface area contributed by atoms with E-state index in [4.69, 9.17) is 11.6 Å². The molecule has 7 nitrogen and oxygen atoms in total. The van der Waals surface area contributed by atoms with Gasteiger partial charge in [-0.15, -0.1) is 0 Å². The highest BCUT2D eigenvalue weighted by Gasteiger charge is 2.35. The number of hydrogen-bond donors (Lipinski definition) is 2. The third kappa shape index (κ3) is 5.91. The number of hydrogen-bond acceptors (Lipinski definition) is 6. The molecule has 2 unspecified atom stereocenters. The van der Waals surface area contributed by atoms with Crippen LogP contribution in [0.1, 0.15) is 30.9 Å². The molecule has 0 spiro atoms. The number of aromatic nitrogens is 1. The predicted molar refractivity (Wildman–Crippen MR) is 115 cm³/mol. The molecule has 1 aliphatic rings. The van der Waals surface area contributed by atoms with Crippen LogP contribution in [0.2, 0.25) is 5.15 Å². The van der Waals surface area contributed by atoms with Crippen molar-refractivity contribution in [1.29, 1.82) is 0 Å². The second-order valence-electron chi connectivity index (χ2n) is 7.58. The molecule has 1 aromatic carbocycles. The summed E-state index contributed by atoms with van der Waals surface area (Å²) >= 11 is 5.69. The predicted octanol–water partition coefficient (Wildman–Crippen LogP) is 3.61. The number of anilines is 1. The number of rotatable bonds is 6. The summed E-state index contributed by atoms with van der Waals surface area (Å²) in [6.45, 7) is 1.37. The second kappa shape index (κ2) is 9.16. The molecule has 32 heavy (non-hydrogen) atoms. The number of pyridine rings is 1. The molecule has 0 aliphatic carbocycles. The minimum atomic E-state index is -4.76. The number of halogens is 4. The van der Waals surface area contributed by atoms with Crippen LogP contribution in [0.25, 0.3) is 0 Å². The first-order valence-electron chi connectivity index (χ1n) is 9.57. The number of nitrogens with one attached hydrogen (secondary N) is 2. The van der Waals surface area contributed by atoms with E-state index in [0.29, 0.717) is 24.5 Å². The van der Waals surface area contributed by atoms with Gasteiger partial charge in [0.15, 0.2) is 9.84 Å². The van der Waals surface area contributed by atoms with Gasteiger partial charge < -0.3 is 5.32 Å². The zero-order valence-corrected chi connectivity index (χ0v) is 19.2. The first kappa shape index (κ1) is 24.7. The van der Waals surface area contributed by atoms with Gasteiger partial charge >= 0.3 is 6.18 Å². The summed E-state index contributed by atoms with van der Waals surface area (Å²) in [4.78, 5) is 3.21. The van der Waals surface area contributed by atoms with Gasteiger partial charge in [0, 0.05) is 18.8 Å². The molecule has 1 fully saturated rings. The molecule has 0 saturated carbocycles. The molecule has 0 bridgehead atoms. The lowest BCUT2D eigenvalue weighted by molar-refractivity contribution is -0.137. The third-order valence-electron chi connectivity index (χ3n) is 5.18. The Morgan fingerprint density at radius 3 is 2.50 bits per heavy atom. The summed E-state index contributed by atoms with van der Waals surface area (Å²) in [6, 6.07) is 4.65. The van der Waals surface area contributed by atoms with Gasteiger partial charge in [0.05, 0.1) is 22.3 Å². The zero-order valence-electron chi connectivity index (χ0n) is 16.9. The molecule has 1 aliphatic heterocycles. The molecule has 3 rings (SSSR count). The first-order valence-corrected chi connectivity index (χ1v) is 13.1. The van der Waals surface area contributed by atoms with E-state index in [2.05, 4.69) is 15.0 Å². The fraction of sp³-hybridized carbons (Fsp3) is 0.421. The van der Waals surface area contributed by atoms with Gasteiger partial charge in [0.1, 0.15) is 10.0 Å². The Balaban J connectivity index is 1.91. The fourth-order valence-electron chi connectivity index (χ4n) is 3.28. The Morgan fingerprint density at radius 1 is 1.19 bits per heavy atom. The molecule has 2 heterocycles. The van der Waals surface area contributed by atoms with E-state index < -0.39 is 47.8 Å². The molecule has 0 radical (unpaired) electrons. The molecule has 1 saturated heterocycles. The normalized spacial score (nSPS) is 21.3. The van der Waals surface area contributed by atoms with Crippen LogP contribution in [-0.4, -0.2) is 38.9 Å². The van der Waals surface area contributed by atoms with Crippen molar-refractivity contribution in [1.82, 2.24) is 9.71 Å². The van der Waals surface area contributed by atoms with Gasteiger partial charge in [0.2, 0.25) is 10.0 Å². The molecular formula is C19H21ClF3N3O4S2. The maximum absolute atomic E-state index is 13.2. The molecule has 0 amide bonds. The number of nitrogens with zero attached hydrogens (tertiary/aromatic N) is 1. The van der Waals surface area contributed by atoms with Crippen LogP contribution in [0.5, 0.6) is 0 Å². The summed E-state index contributed by atoms with van der Waals surface area (Å²) in [5, 5.41) is 2.50. The van der Waals surface area contributed by atoms with Gasteiger partial charge in [0.25, 0.3) is 0 Å². The summed E-state index contributed by atoms with van der Waals surface area (Å²) in [5.74, 6) is -0.238. The van der Waals surface area contributed by atoms with Gasteiger partial charge in [-0.2, -0.15) is 13.2 Å². The van der Waals surface area contributed by atoms with Crippen molar-refractivity contribution in [2.75, 3.05) is 11.1 Å². The topological polar surface area (TPSA) is 105 Å². The largest absolute Gasteiger partial charge is 0.416 e. The van der Waals surface area contributed by atoms with Crippen molar-refractivity contribution in [2.24, 2.45) is 0 Å². The molecule has 2 atom stereocenters. The smallest absolute Gasteiger partial charge is 0.380 e. The summed E-state index contributed by atoms with van der Waals surface area (Å²) < 4.78 is 92.2.